The van der Waals surface area contributed by atoms with Gasteiger partial charge in [0.1, 0.15) is 0 Å². The molecule has 0 saturated heterocycles. The van der Waals surface area contributed by atoms with E-state index in [1.54, 1.807) is 0 Å². The molecule has 1 rings (SSSR count). The number of rotatable bonds is 5. The van der Waals surface area contributed by atoms with Crippen molar-refractivity contribution < 1.29 is 0 Å². The lowest BCUT2D eigenvalue weighted by Gasteiger charge is -2.18. The highest BCUT2D eigenvalue weighted by Gasteiger charge is 2.11. The fraction of sp³-hybridized carbons (Fsp3) is 0.500. The van der Waals surface area contributed by atoms with E-state index in [9.17, 15) is 0 Å². The molecular weight excluding hydrogens is 208 g/mol. The zero-order valence-corrected chi connectivity index (χ0v) is 10.1. The molecular formula is C12H19ClN2. The summed E-state index contributed by atoms with van der Waals surface area (Å²) in [6, 6.07) is 6.15. The number of halogens is 1. The van der Waals surface area contributed by atoms with Gasteiger partial charge >= 0.3 is 0 Å². The van der Waals surface area contributed by atoms with Crippen LogP contribution in [0, 0.1) is 6.92 Å². The van der Waals surface area contributed by atoms with Crippen molar-refractivity contribution in [3.05, 3.63) is 34.3 Å². The molecule has 1 atom stereocenters. The molecule has 0 spiro atoms. The number of nitrogens with one attached hydrogen (secondary N) is 1. The minimum Gasteiger partial charge on any atom is -0.271 e. The number of benzene rings is 1. The van der Waals surface area contributed by atoms with Crippen LogP contribution in [-0.4, -0.2) is 0 Å². The van der Waals surface area contributed by atoms with E-state index in [1.165, 1.54) is 24.0 Å². The third-order valence-electron chi connectivity index (χ3n) is 2.66. The normalized spacial score (nSPS) is 12.8. The van der Waals surface area contributed by atoms with Gasteiger partial charge in [0.25, 0.3) is 0 Å². The Morgan fingerprint density at radius 1 is 1.47 bits per heavy atom. The average molecular weight is 227 g/mol. The van der Waals surface area contributed by atoms with Gasteiger partial charge in [0.15, 0.2) is 0 Å². The maximum Gasteiger partial charge on any atom is 0.0463 e. The molecule has 0 fully saturated rings. The molecule has 0 heterocycles. The monoisotopic (exact) mass is 226 g/mol. The van der Waals surface area contributed by atoms with Crippen molar-refractivity contribution in [2.24, 2.45) is 5.84 Å². The Balaban J connectivity index is 2.85. The van der Waals surface area contributed by atoms with E-state index in [0.717, 1.165) is 11.4 Å². The van der Waals surface area contributed by atoms with E-state index in [0.29, 0.717) is 0 Å². The summed E-state index contributed by atoms with van der Waals surface area (Å²) in [7, 11) is 0. The Kier molecular flexibility index (Phi) is 5.09. The second-order valence-corrected chi connectivity index (χ2v) is 4.30. The van der Waals surface area contributed by atoms with Crippen molar-refractivity contribution in [2.45, 2.75) is 39.2 Å². The van der Waals surface area contributed by atoms with E-state index >= 15 is 0 Å². The molecule has 2 nitrogen and oxygen atoms in total. The molecule has 1 aromatic rings. The Bertz CT molecular complexity index is 312. The molecule has 1 aromatic carbocycles. The van der Waals surface area contributed by atoms with Crippen molar-refractivity contribution in [1.29, 1.82) is 0 Å². The van der Waals surface area contributed by atoms with Gasteiger partial charge < -0.3 is 0 Å². The van der Waals surface area contributed by atoms with Crippen LogP contribution in [0.25, 0.3) is 0 Å². The summed E-state index contributed by atoms with van der Waals surface area (Å²) in [4.78, 5) is 0. The summed E-state index contributed by atoms with van der Waals surface area (Å²) < 4.78 is 0. The fourth-order valence-electron chi connectivity index (χ4n) is 1.72. The lowest BCUT2D eigenvalue weighted by molar-refractivity contribution is 0.493. The van der Waals surface area contributed by atoms with Crippen LogP contribution >= 0.6 is 11.6 Å². The van der Waals surface area contributed by atoms with Crippen molar-refractivity contribution >= 4 is 11.6 Å². The number of hydrogen-bond donors (Lipinski definition) is 2. The third-order valence-corrected chi connectivity index (χ3v) is 2.90. The van der Waals surface area contributed by atoms with Crippen LogP contribution in [-0.2, 0) is 0 Å². The summed E-state index contributed by atoms with van der Waals surface area (Å²) in [6.07, 6.45) is 3.40. The average Bonchev–Trinajstić information content (AvgIpc) is 2.24. The van der Waals surface area contributed by atoms with Crippen LogP contribution in [0.1, 0.15) is 43.4 Å². The molecule has 0 aliphatic rings. The molecule has 3 heteroatoms. The molecule has 1 unspecified atom stereocenters. The van der Waals surface area contributed by atoms with Gasteiger partial charge in [-0.15, -0.1) is 0 Å². The molecule has 0 aliphatic heterocycles. The standard InChI is InChI=1S/C12H19ClN2/c1-3-4-5-12(15-14)11-8-10(13)7-6-9(11)2/h6-8,12,15H,3-5,14H2,1-2H3. The van der Waals surface area contributed by atoms with Crippen molar-refractivity contribution in [3.63, 3.8) is 0 Å². The first-order chi connectivity index (χ1) is 7.19. The Morgan fingerprint density at radius 2 is 2.20 bits per heavy atom. The second kappa shape index (κ2) is 6.11. The summed E-state index contributed by atoms with van der Waals surface area (Å²) in [5.74, 6) is 5.57. The summed E-state index contributed by atoms with van der Waals surface area (Å²) in [5.41, 5.74) is 5.30. The van der Waals surface area contributed by atoms with Crippen molar-refractivity contribution in [2.75, 3.05) is 0 Å². The quantitative estimate of drug-likeness (QED) is 0.597. The summed E-state index contributed by atoms with van der Waals surface area (Å²) in [6.45, 7) is 4.26. The third kappa shape index (κ3) is 3.49. The number of aryl methyl sites for hydroxylation is 1. The number of hydrazine groups is 1. The van der Waals surface area contributed by atoms with Gasteiger partial charge in [-0.05, 0) is 36.6 Å². The first-order valence-electron chi connectivity index (χ1n) is 5.41. The maximum atomic E-state index is 5.98. The zero-order valence-electron chi connectivity index (χ0n) is 9.39. The van der Waals surface area contributed by atoms with Crippen LogP contribution in [0.3, 0.4) is 0 Å². The van der Waals surface area contributed by atoms with Gasteiger partial charge in [0.2, 0.25) is 0 Å². The predicted octanol–water partition coefficient (Wildman–Crippen LogP) is 3.34. The minimum atomic E-state index is 0.212. The van der Waals surface area contributed by atoms with Crippen molar-refractivity contribution in [1.82, 2.24) is 5.43 Å². The highest BCUT2D eigenvalue weighted by molar-refractivity contribution is 6.30. The first-order valence-corrected chi connectivity index (χ1v) is 5.79. The molecule has 0 aromatic heterocycles. The molecule has 0 bridgehead atoms. The van der Waals surface area contributed by atoms with E-state index in [-0.39, 0.29) is 6.04 Å². The maximum absolute atomic E-state index is 5.98. The lowest BCUT2D eigenvalue weighted by Crippen LogP contribution is -2.28. The van der Waals surface area contributed by atoms with Crippen LogP contribution < -0.4 is 11.3 Å². The van der Waals surface area contributed by atoms with Crippen LogP contribution in [0.2, 0.25) is 5.02 Å². The molecule has 0 saturated carbocycles. The number of hydrogen-bond acceptors (Lipinski definition) is 2. The SMILES string of the molecule is CCCCC(NN)c1cc(Cl)ccc1C. The van der Waals surface area contributed by atoms with Gasteiger partial charge in [-0.3, -0.25) is 11.3 Å². The van der Waals surface area contributed by atoms with E-state index in [1.807, 2.05) is 18.2 Å². The van der Waals surface area contributed by atoms with E-state index in [2.05, 4.69) is 19.3 Å². The molecule has 0 radical (unpaired) electrons. The van der Waals surface area contributed by atoms with Gasteiger partial charge in [-0.1, -0.05) is 37.4 Å². The Morgan fingerprint density at radius 3 is 2.80 bits per heavy atom. The van der Waals surface area contributed by atoms with E-state index < -0.39 is 0 Å². The van der Waals surface area contributed by atoms with Crippen molar-refractivity contribution in [3.8, 4) is 0 Å². The van der Waals surface area contributed by atoms with Crippen LogP contribution in [0.15, 0.2) is 18.2 Å². The highest BCUT2D eigenvalue weighted by atomic mass is 35.5. The second-order valence-electron chi connectivity index (χ2n) is 3.86. The number of unbranched alkanes of at least 4 members (excludes halogenated alkanes) is 1. The van der Waals surface area contributed by atoms with Crippen LogP contribution in [0.5, 0.6) is 0 Å². The summed E-state index contributed by atoms with van der Waals surface area (Å²) >= 11 is 5.98. The molecule has 3 N–H and O–H groups in total. The molecule has 0 amide bonds. The topological polar surface area (TPSA) is 38.0 Å². The predicted molar refractivity (Wildman–Crippen MR) is 65.8 cm³/mol. The molecule has 84 valence electrons. The smallest absolute Gasteiger partial charge is 0.0463 e. The number of nitrogens with two attached hydrogens (primary N) is 1. The summed E-state index contributed by atoms with van der Waals surface area (Å²) in [5, 5.41) is 0.771. The first kappa shape index (κ1) is 12.5. The van der Waals surface area contributed by atoms with E-state index in [4.69, 9.17) is 17.4 Å². The molecule has 0 aliphatic carbocycles. The van der Waals surface area contributed by atoms with Gasteiger partial charge in [-0.25, -0.2) is 0 Å². The fourth-order valence-corrected chi connectivity index (χ4v) is 1.90. The highest BCUT2D eigenvalue weighted by Crippen LogP contribution is 2.25. The molecule has 15 heavy (non-hydrogen) atoms. The Hall–Kier alpha value is -0.570. The lowest BCUT2D eigenvalue weighted by atomic mass is 9.97. The largest absolute Gasteiger partial charge is 0.271 e. The van der Waals surface area contributed by atoms with Gasteiger partial charge in [0.05, 0.1) is 0 Å². The van der Waals surface area contributed by atoms with Crippen LogP contribution in [0.4, 0.5) is 0 Å². The zero-order chi connectivity index (χ0) is 11.3. The minimum absolute atomic E-state index is 0.212. The van der Waals surface area contributed by atoms with Gasteiger partial charge in [0, 0.05) is 11.1 Å². The van der Waals surface area contributed by atoms with Gasteiger partial charge in [-0.2, -0.15) is 0 Å². The Labute approximate surface area is 96.8 Å².